The van der Waals surface area contributed by atoms with Gasteiger partial charge in [-0.1, -0.05) is 50.6 Å². The van der Waals surface area contributed by atoms with Crippen LogP contribution in [0.5, 0.6) is 0 Å². The van der Waals surface area contributed by atoms with Gasteiger partial charge >= 0.3 is 0 Å². The average molecular weight is 219 g/mol. The SMILES string of the molecule is CCCNCC(c1ccc(C)cc1)C(C)C. The summed E-state index contributed by atoms with van der Waals surface area (Å²) in [5, 5.41) is 3.53. The van der Waals surface area contributed by atoms with Gasteiger partial charge in [0, 0.05) is 6.54 Å². The van der Waals surface area contributed by atoms with E-state index in [4.69, 9.17) is 0 Å². The fraction of sp³-hybridized carbons (Fsp3) is 0.600. The first-order chi connectivity index (χ1) is 7.65. The third-order valence-corrected chi connectivity index (χ3v) is 3.10. The Morgan fingerprint density at radius 1 is 1.12 bits per heavy atom. The molecule has 0 aliphatic carbocycles. The van der Waals surface area contributed by atoms with Gasteiger partial charge in [-0.15, -0.1) is 0 Å². The molecule has 1 heteroatoms. The van der Waals surface area contributed by atoms with Crippen molar-refractivity contribution < 1.29 is 0 Å². The Bertz CT molecular complexity index is 287. The van der Waals surface area contributed by atoms with Crippen molar-refractivity contribution in [3.05, 3.63) is 35.4 Å². The lowest BCUT2D eigenvalue weighted by molar-refractivity contribution is 0.462. The standard InChI is InChI=1S/C15H25N/c1-5-10-16-11-15(12(2)3)14-8-6-13(4)7-9-14/h6-9,12,15-16H,5,10-11H2,1-4H3. The van der Waals surface area contributed by atoms with Gasteiger partial charge in [-0.3, -0.25) is 0 Å². The van der Waals surface area contributed by atoms with Crippen molar-refractivity contribution in [1.29, 1.82) is 0 Å². The van der Waals surface area contributed by atoms with Crippen LogP contribution in [0.1, 0.15) is 44.2 Å². The lowest BCUT2D eigenvalue weighted by Gasteiger charge is -2.22. The predicted octanol–water partition coefficient (Wildman–Crippen LogP) is 3.73. The summed E-state index contributed by atoms with van der Waals surface area (Å²) >= 11 is 0. The zero-order valence-electron chi connectivity index (χ0n) is 11.1. The van der Waals surface area contributed by atoms with E-state index in [1.165, 1.54) is 17.5 Å². The Labute approximate surface area is 100 Å². The van der Waals surface area contributed by atoms with E-state index in [1.54, 1.807) is 0 Å². The molecule has 1 aromatic carbocycles. The molecule has 0 aliphatic rings. The van der Waals surface area contributed by atoms with Crippen molar-refractivity contribution >= 4 is 0 Å². The molecule has 0 saturated carbocycles. The molecule has 1 rings (SSSR count). The largest absolute Gasteiger partial charge is 0.316 e. The van der Waals surface area contributed by atoms with Crippen LogP contribution >= 0.6 is 0 Å². The van der Waals surface area contributed by atoms with E-state index >= 15 is 0 Å². The fourth-order valence-corrected chi connectivity index (χ4v) is 1.99. The fourth-order valence-electron chi connectivity index (χ4n) is 1.99. The van der Waals surface area contributed by atoms with E-state index in [1.807, 2.05) is 0 Å². The van der Waals surface area contributed by atoms with E-state index in [-0.39, 0.29) is 0 Å². The highest BCUT2D eigenvalue weighted by Crippen LogP contribution is 2.23. The van der Waals surface area contributed by atoms with E-state index in [0.29, 0.717) is 11.8 Å². The van der Waals surface area contributed by atoms with Gasteiger partial charge in [0.15, 0.2) is 0 Å². The molecule has 1 N–H and O–H groups in total. The zero-order valence-corrected chi connectivity index (χ0v) is 11.1. The maximum Gasteiger partial charge on any atom is 0.00226 e. The van der Waals surface area contributed by atoms with Gasteiger partial charge in [-0.05, 0) is 37.3 Å². The Balaban J connectivity index is 2.65. The van der Waals surface area contributed by atoms with Crippen LogP contribution in [-0.2, 0) is 0 Å². The molecule has 0 aromatic heterocycles. The van der Waals surface area contributed by atoms with Gasteiger partial charge in [0.2, 0.25) is 0 Å². The second-order valence-corrected chi connectivity index (χ2v) is 4.97. The second-order valence-electron chi connectivity index (χ2n) is 4.97. The number of aryl methyl sites for hydroxylation is 1. The summed E-state index contributed by atoms with van der Waals surface area (Å²) < 4.78 is 0. The summed E-state index contributed by atoms with van der Waals surface area (Å²) in [5.41, 5.74) is 2.80. The summed E-state index contributed by atoms with van der Waals surface area (Å²) in [7, 11) is 0. The molecular weight excluding hydrogens is 194 g/mol. The Morgan fingerprint density at radius 3 is 2.25 bits per heavy atom. The molecule has 1 aromatic rings. The summed E-state index contributed by atoms with van der Waals surface area (Å²) in [6, 6.07) is 8.97. The topological polar surface area (TPSA) is 12.0 Å². The molecule has 1 unspecified atom stereocenters. The van der Waals surface area contributed by atoms with Gasteiger partial charge in [-0.2, -0.15) is 0 Å². The van der Waals surface area contributed by atoms with Gasteiger partial charge < -0.3 is 5.32 Å². The molecular formula is C15H25N. The monoisotopic (exact) mass is 219 g/mol. The first kappa shape index (κ1) is 13.2. The molecule has 1 atom stereocenters. The van der Waals surface area contributed by atoms with Gasteiger partial charge in [0.1, 0.15) is 0 Å². The van der Waals surface area contributed by atoms with Crippen molar-refractivity contribution in [2.75, 3.05) is 13.1 Å². The third kappa shape index (κ3) is 3.97. The molecule has 0 bridgehead atoms. The van der Waals surface area contributed by atoms with Crippen molar-refractivity contribution in [3.63, 3.8) is 0 Å². The zero-order chi connectivity index (χ0) is 12.0. The number of nitrogens with one attached hydrogen (secondary N) is 1. The Morgan fingerprint density at radius 2 is 1.75 bits per heavy atom. The molecule has 0 spiro atoms. The van der Waals surface area contributed by atoms with Crippen LogP contribution in [0.15, 0.2) is 24.3 Å². The van der Waals surface area contributed by atoms with E-state index < -0.39 is 0 Å². The van der Waals surface area contributed by atoms with E-state index in [0.717, 1.165) is 13.1 Å². The van der Waals surface area contributed by atoms with Crippen molar-refractivity contribution in [2.45, 2.75) is 40.0 Å². The predicted molar refractivity (Wildman–Crippen MR) is 71.9 cm³/mol. The van der Waals surface area contributed by atoms with Crippen LogP contribution in [0, 0.1) is 12.8 Å². The molecule has 0 amide bonds. The molecule has 0 saturated heterocycles. The van der Waals surface area contributed by atoms with Crippen LogP contribution in [0.2, 0.25) is 0 Å². The smallest absolute Gasteiger partial charge is 0.00226 e. The number of hydrogen-bond acceptors (Lipinski definition) is 1. The first-order valence-electron chi connectivity index (χ1n) is 6.42. The van der Waals surface area contributed by atoms with E-state index in [9.17, 15) is 0 Å². The third-order valence-electron chi connectivity index (χ3n) is 3.10. The lowest BCUT2D eigenvalue weighted by atomic mass is 9.88. The van der Waals surface area contributed by atoms with Crippen LogP contribution in [0.25, 0.3) is 0 Å². The highest BCUT2D eigenvalue weighted by molar-refractivity contribution is 5.25. The summed E-state index contributed by atoms with van der Waals surface area (Å²) in [6.45, 7) is 11.2. The summed E-state index contributed by atoms with van der Waals surface area (Å²) in [4.78, 5) is 0. The van der Waals surface area contributed by atoms with E-state index in [2.05, 4.69) is 57.3 Å². The minimum absolute atomic E-state index is 0.632. The van der Waals surface area contributed by atoms with Gasteiger partial charge in [0.25, 0.3) is 0 Å². The van der Waals surface area contributed by atoms with Gasteiger partial charge in [0.05, 0.1) is 0 Å². The molecule has 1 nitrogen and oxygen atoms in total. The molecule has 0 radical (unpaired) electrons. The number of hydrogen-bond donors (Lipinski definition) is 1. The minimum atomic E-state index is 0.632. The molecule has 16 heavy (non-hydrogen) atoms. The lowest BCUT2D eigenvalue weighted by Crippen LogP contribution is -2.25. The molecule has 0 aliphatic heterocycles. The maximum absolute atomic E-state index is 3.53. The second kappa shape index (κ2) is 6.70. The Hall–Kier alpha value is -0.820. The quantitative estimate of drug-likeness (QED) is 0.719. The highest BCUT2D eigenvalue weighted by Gasteiger charge is 2.14. The Kier molecular flexibility index (Phi) is 5.54. The highest BCUT2D eigenvalue weighted by atomic mass is 14.9. The van der Waals surface area contributed by atoms with Crippen LogP contribution in [0.3, 0.4) is 0 Å². The van der Waals surface area contributed by atoms with Crippen LogP contribution in [-0.4, -0.2) is 13.1 Å². The summed E-state index contributed by atoms with van der Waals surface area (Å²) in [5.74, 6) is 1.32. The van der Waals surface area contributed by atoms with Crippen molar-refractivity contribution in [1.82, 2.24) is 5.32 Å². The van der Waals surface area contributed by atoms with Crippen LogP contribution < -0.4 is 5.32 Å². The molecule has 90 valence electrons. The maximum atomic E-state index is 3.53. The summed E-state index contributed by atoms with van der Waals surface area (Å²) in [6.07, 6.45) is 1.21. The first-order valence-corrected chi connectivity index (χ1v) is 6.42. The minimum Gasteiger partial charge on any atom is -0.316 e. The normalized spacial score (nSPS) is 13.1. The molecule has 0 heterocycles. The van der Waals surface area contributed by atoms with Crippen molar-refractivity contribution in [3.8, 4) is 0 Å². The average Bonchev–Trinajstić information content (AvgIpc) is 2.26. The molecule has 0 fully saturated rings. The number of benzene rings is 1. The van der Waals surface area contributed by atoms with Crippen LogP contribution in [0.4, 0.5) is 0 Å². The van der Waals surface area contributed by atoms with Gasteiger partial charge in [-0.25, -0.2) is 0 Å². The van der Waals surface area contributed by atoms with Crippen molar-refractivity contribution in [2.24, 2.45) is 5.92 Å². The number of rotatable bonds is 6.